The number of nitrogens with zero attached hydrogens (tertiary/aromatic N) is 3. The molecule has 52 heavy (non-hydrogen) atoms. The molecule has 0 saturated carbocycles. The molecule has 0 bridgehead atoms. The number of piperazine rings is 2. The van der Waals surface area contributed by atoms with Gasteiger partial charge in [-0.3, -0.25) is 4.90 Å². The fourth-order valence-electron chi connectivity index (χ4n) is 6.64. The first-order chi connectivity index (χ1) is 24.9. The van der Waals surface area contributed by atoms with E-state index in [1.807, 2.05) is 42.5 Å². The summed E-state index contributed by atoms with van der Waals surface area (Å²) in [5.74, 6) is 2.23. The molecule has 0 amide bonds. The molecule has 0 aliphatic carbocycles. The number of rotatable bonds is 11. The zero-order chi connectivity index (χ0) is 37.3. The van der Waals surface area contributed by atoms with E-state index in [2.05, 4.69) is 50.3 Å². The molecule has 0 radical (unpaired) electrons. The molecule has 10 nitrogen and oxygen atoms in total. The van der Waals surface area contributed by atoms with Crippen molar-refractivity contribution in [2.24, 2.45) is 0 Å². The summed E-state index contributed by atoms with van der Waals surface area (Å²) < 4.78 is 17.4. The Hall–Kier alpha value is -4.48. The molecular weight excluding hydrogens is 656 g/mol. The van der Waals surface area contributed by atoms with Crippen molar-refractivity contribution in [3.05, 3.63) is 107 Å². The van der Waals surface area contributed by atoms with Crippen LogP contribution in [0.2, 0.25) is 0 Å². The van der Waals surface area contributed by atoms with E-state index in [1.54, 1.807) is 54.0 Å². The molecule has 280 valence electrons. The lowest BCUT2D eigenvalue weighted by Gasteiger charge is -2.37. The predicted molar refractivity (Wildman–Crippen MR) is 208 cm³/mol. The smallest absolute Gasteiger partial charge is 0.142 e. The maximum Gasteiger partial charge on any atom is 0.142 e. The molecule has 6 rings (SSSR count). The van der Waals surface area contributed by atoms with Crippen LogP contribution < -0.4 is 29.3 Å². The highest BCUT2D eigenvalue weighted by Crippen LogP contribution is 2.41. The van der Waals surface area contributed by atoms with E-state index in [0.29, 0.717) is 23.7 Å². The topological polar surface area (TPSA) is 110 Å². The largest absolute Gasteiger partial charge is 0.507 e. The van der Waals surface area contributed by atoms with Gasteiger partial charge in [0.05, 0.1) is 36.8 Å². The number of ether oxygens (including phenoxy) is 3. The van der Waals surface area contributed by atoms with E-state index in [-0.39, 0.29) is 5.75 Å². The van der Waals surface area contributed by atoms with E-state index in [4.69, 9.17) is 14.2 Å². The summed E-state index contributed by atoms with van der Waals surface area (Å²) >= 11 is 0. The predicted octanol–water partition coefficient (Wildman–Crippen LogP) is 5.86. The van der Waals surface area contributed by atoms with Gasteiger partial charge in [0.1, 0.15) is 29.6 Å². The highest BCUT2D eigenvalue weighted by Gasteiger charge is 2.28. The highest BCUT2D eigenvalue weighted by molar-refractivity contribution is 5.66. The van der Waals surface area contributed by atoms with Crippen LogP contribution in [-0.4, -0.2) is 86.8 Å². The van der Waals surface area contributed by atoms with Crippen molar-refractivity contribution in [2.45, 2.75) is 52.0 Å². The van der Waals surface area contributed by atoms with Crippen molar-refractivity contribution in [1.82, 2.24) is 10.2 Å². The van der Waals surface area contributed by atoms with E-state index < -0.39 is 11.2 Å². The summed E-state index contributed by atoms with van der Waals surface area (Å²) in [6, 6.07) is 28.0. The lowest BCUT2D eigenvalue weighted by molar-refractivity contribution is 0.0738. The molecule has 0 spiro atoms. The van der Waals surface area contributed by atoms with Gasteiger partial charge in [0, 0.05) is 82.2 Å². The van der Waals surface area contributed by atoms with Gasteiger partial charge in [-0.15, -0.1) is 0 Å². The molecule has 2 heterocycles. The van der Waals surface area contributed by atoms with Crippen LogP contribution in [0.5, 0.6) is 23.0 Å². The van der Waals surface area contributed by atoms with Crippen LogP contribution in [0.1, 0.15) is 49.9 Å². The number of methoxy groups -OCH3 is 2. The molecule has 10 heteroatoms. The number of aliphatic hydroxyl groups is 2. The summed E-state index contributed by atoms with van der Waals surface area (Å²) in [6.07, 6.45) is 0. The quantitative estimate of drug-likeness (QED) is 0.151. The third-order valence-electron chi connectivity index (χ3n) is 9.55. The van der Waals surface area contributed by atoms with Crippen LogP contribution in [0.15, 0.2) is 84.9 Å². The third-order valence-corrected chi connectivity index (χ3v) is 9.55. The van der Waals surface area contributed by atoms with Gasteiger partial charge in [-0.05, 0) is 51.0 Å². The van der Waals surface area contributed by atoms with Crippen LogP contribution in [-0.2, 0) is 24.4 Å². The minimum Gasteiger partial charge on any atom is -0.507 e. The monoisotopic (exact) mass is 712 g/mol. The molecule has 4 aromatic carbocycles. The first-order valence-corrected chi connectivity index (χ1v) is 18.1. The molecule has 2 aliphatic heterocycles. The highest BCUT2D eigenvalue weighted by atomic mass is 16.5. The minimum atomic E-state index is -1.10. The fraction of sp³-hybridized carbons (Fsp3) is 0.429. The van der Waals surface area contributed by atoms with Crippen molar-refractivity contribution < 1.29 is 29.5 Å². The minimum absolute atomic E-state index is 0.0989. The van der Waals surface area contributed by atoms with Crippen molar-refractivity contribution in [1.29, 1.82) is 0 Å². The van der Waals surface area contributed by atoms with Crippen molar-refractivity contribution in [2.75, 3.05) is 76.4 Å². The zero-order valence-corrected chi connectivity index (χ0v) is 31.6. The number of phenols is 1. The number of aromatic hydroxyl groups is 1. The molecule has 2 aliphatic rings. The summed E-state index contributed by atoms with van der Waals surface area (Å²) in [5.41, 5.74) is 3.36. The Labute approximate surface area is 309 Å². The van der Waals surface area contributed by atoms with Gasteiger partial charge in [-0.25, -0.2) is 0 Å². The van der Waals surface area contributed by atoms with E-state index in [9.17, 15) is 15.3 Å². The van der Waals surface area contributed by atoms with Crippen molar-refractivity contribution >= 4 is 11.4 Å². The third kappa shape index (κ3) is 10.1. The molecule has 0 atom stereocenters. The van der Waals surface area contributed by atoms with Crippen LogP contribution in [0.3, 0.4) is 0 Å². The second-order valence-corrected chi connectivity index (χ2v) is 14.4. The second kappa shape index (κ2) is 17.4. The standard InChI is InChI=1S/C28H34N2O3.C14H22N2O3/c1-28(2,31)24-18-27(32-3)25(19-26(24)33-21-23-12-8-5-9-13-23)30-16-14-29(15-17-30)20-22-10-6-4-7-11-22;1-14(2,18)10-8-13(19-3)11(9-12(10)17)16-6-4-15-5-7-16/h4-13,18-19,31H,14-17,20-21H2,1-3H3;8-9,15,17-18H,4-7H2,1-3H3. The number of hydrogen-bond acceptors (Lipinski definition) is 10. The summed E-state index contributed by atoms with van der Waals surface area (Å²) in [7, 11) is 3.29. The van der Waals surface area contributed by atoms with Crippen molar-refractivity contribution in [3.8, 4) is 23.0 Å². The Bertz CT molecular complexity index is 1710. The van der Waals surface area contributed by atoms with Gasteiger partial charge < -0.3 is 44.6 Å². The number of hydrogen-bond donors (Lipinski definition) is 4. The molecule has 2 saturated heterocycles. The van der Waals surface area contributed by atoms with Crippen LogP contribution >= 0.6 is 0 Å². The van der Waals surface area contributed by atoms with Gasteiger partial charge in [-0.1, -0.05) is 60.7 Å². The van der Waals surface area contributed by atoms with Crippen LogP contribution in [0.4, 0.5) is 11.4 Å². The summed E-state index contributed by atoms with van der Waals surface area (Å²) in [6.45, 7) is 15.6. The van der Waals surface area contributed by atoms with E-state index in [0.717, 1.165) is 87.2 Å². The Balaban J connectivity index is 0.000000233. The molecule has 4 aromatic rings. The normalized spacial score (nSPS) is 15.5. The molecule has 4 N–H and O–H groups in total. The van der Waals surface area contributed by atoms with Gasteiger partial charge in [-0.2, -0.15) is 0 Å². The SMILES string of the molecule is COc1cc(C(C)(C)O)c(O)cc1N1CCNCC1.COc1cc(C(C)(C)O)c(OCc2ccccc2)cc1N1CCN(Cc2ccccc2)CC1. The van der Waals surface area contributed by atoms with Gasteiger partial charge in [0.2, 0.25) is 0 Å². The number of nitrogens with one attached hydrogen (secondary N) is 1. The number of anilines is 2. The lowest BCUT2D eigenvalue weighted by atomic mass is 9.96. The summed E-state index contributed by atoms with van der Waals surface area (Å²) in [5, 5.41) is 34.3. The Morgan fingerprint density at radius 2 is 1.12 bits per heavy atom. The second-order valence-electron chi connectivity index (χ2n) is 14.4. The van der Waals surface area contributed by atoms with Crippen molar-refractivity contribution in [3.63, 3.8) is 0 Å². The fourth-order valence-corrected chi connectivity index (χ4v) is 6.64. The van der Waals surface area contributed by atoms with Crippen LogP contribution in [0, 0.1) is 0 Å². The molecule has 2 fully saturated rings. The lowest BCUT2D eigenvalue weighted by Crippen LogP contribution is -2.46. The van der Waals surface area contributed by atoms with Gasteiger partial charge in [0.25, 0.3) is 0 Å². The first-order valence-electron chi connectivity index (χ1n) is 18.1. The van der Waals surface area contributed by atoms with E-state index in [1.165, 1.54) is 5.56 Å². The molecule has 0 aromatic heterocycles. The Morgan fingerprint density at radius 1 is 0.615 bits per heavy atom. The Morgan fingerprint density at radius 3 is 1.65 bits per heavy atom. The van der Waals surface area contributed by atoms with E-state index >= 15 is 0 Å². The zero-order valence-electron chi connectivity index (χ0n) is 31.6. The molecular formula is C42H56N4O6. The first kappa shape index (κ1) is 38.7. The molecule has 0 unspecified atom stereocenters. The number of phenolic OH excluding ortho intramolecular Hbond substituents is 1. The Kier molecular flexibility index (Phi) is 12.9. The number of benzene rings is 4. The maximum absolute atomic E-state index is 10.8. The van der Waals surface area contributed by atoms with Crippen LogP contribution in [0.25, 0.3) is 0 Å². The van der Waals surface area contributed by atoms with Gasteiger partial charge >= 0.3 is 0 Å². The summed E-state index contributed by atoms with van der Waals surface area (Å²) in [4.78, 5) is 7.00. The average molecular weight is 713 g/mol. The maximum atomic E-state index is 10.8. The van der Waals surface area contributed by atoms with Gasteiger partial charge in [0.15, 0.2) is 0 Å². The average Bonchev–Trinajstić information content (AvgIpc) is 3.14.